The van der Waals surface area contributed by atoms with Gasteiger partial charge in [0, 0.05) is 71.8 Å². The van der Waals surface area contributed by atoms with Crippen molar-refractivity contribution in [3.05, 3.63) is 93.2 Å². The van der Waals surface area contributed by atoms with Gasteiger partial charge in [0.05, 0.1) is 12.2 Å². The number of rotatable bonds is 8. The Morgan fingerprint density at radius 1 is 0.917 bits per heavy atom. The summed E-state index contributed by atoms with van der Waals surface area (Å²) in [4.78, 5) is 43.8. The summed E-state index contributed by atoms with van der Waals surface area (Å²) in [7, 11) is 0. The molecule has 1 aromatic heterocycles. The molecule has 2 aliphatic rings. The molecule has 0 bridgehead atoms. The molecule has 11 heteroatoms. The first-order chi connectivity index (χ1) is 22.7. The van der Waals surface area contributed by atoms with E-state index in [2.05, 4.69) is 34.6 Å². The molecule has 5 rings (SSSR count). The number of hydrogen-bond donors (Lipinski definition) is 0. The van der Waals surface area contributed by atoms with E-state index in [4.69, 9.17) is 37.9 Å². The third kappa shape index (κ3) is 6.78. The first kappa shape index (κ1) is 36.0. The van der Waals surface area contributed by atoms with Gasteiger partial charge < -0.3 is 14.5 Å². The molecule has 2 aromatic carbocycles. The third-order valence-electron chi connectivity index (χ3n) is 9.54. The van der Waals surface area contributed by atoms with E-state index >= 15 is 4.79 Å². The Bertz CT molecular complexity index is 1670. The van der Waals surface area contributed by atoms with Gasteiger partial charge in [0.25, 0.3) is 0 Å². The van der Waals surface area contributed by atoms with Crippen LogP contribution in [0.2, 0.25) is 10.0 Å². The Labute approximate surface area is 298 Å². The Morgan fingerprint density at radius 3 is 2.02 bits per heavy atom. The van der Waals surface area contributed by atoms with Crippen LogP contribution in [0.5, 0.6) is 5.75 Å². The minimum absolute atomic E-state index is 0.118. The number of thioether (sulfide) groups is 1. The van der Waals surface area contributed by atoms with Crippen molar-refractivity contribution in [3.63, 3.8) is 0 Å². The fourth-order valence-electron chi connectivity index (χ4n) is 6.49. The minimum atomic E-state index is -1.03. The van der Waals surface area contributed by atoms with Crippen LogP contribution < -0.4 is 4.74 Å². The molecule has 0 spiro atoms. The van der Waals surface area contributed by atoms with Gasteiger partial charge >= 0.3 is 6.03 Å². The van der Waals surface area contributed by atoms with Gasteiger partial charge in [-0.05, 0) is 62.4 Å². The number of amides is 3. The van der Waals surface area contributed by atoms with Crippen molar-refractivity contribution in [3.8, 4) is 5.75 Å². The Morgan fingerprint density at radius 2 is 1.48 bits per heavy atom. The van der Waals surface area contributed by atoms with Gasteiger partial charge in [-0.25, -0.2) is 4.79 Å². The van der Waals surface area contributed by atoms with Crippen LogP contribution in [0.1, 0.15) is 70.3 Å². The summed E-state index contributed by atoms with van der Waals surface area (Å²) in [5.41, 5.74) is 1.02. The molecule has 256 valence electrons. The molecule has 0 unspecified atom stereocenters. The van der Waals surface area contributed by atoms with Crippen molar-refractivity contribution in [2.45, 2.75) is 64.5 Å². The number of piperazine rings is 1. The summed E-state index contributed by atoms with van der Waals surface area (Å²) in [5, 5.41) is 1.20. The highest BCUT2D eigenvalue weighted by molar-refractivity contribution is 7.98. The Hall–Kier alpha value is -3.27. The van der Waals surface area contributed by atoms with Crippen molar-refractivity contribution < 1.29 is 14.3 Å². The first-order valence-electron chi connectivity index (χ1n) is 16.4. The smallest absolute Gasteiger partial charge is 0.326 e. The Kier molecular flexibility index (Phi) is 10.7. The number of benzene rings is 2. The van der Waals surface area contributed by atoms with Crippen molar-refractivity contribution in [2.75, 3.05) is 44.8 Å². The Balaban J connectivity index is 1.69. The highest BCUT2D eigenvalue weighted by atomic mass is 35.5. The van der Waals surface area contributed by atoms with Crippen LogP contribution in [-0.2, 0) is 21.3 Å². The summed E-state index contributed by atoms with van der Waals surface area (Å²) in [6.07, 6.45) is 4.27. The number of nitrogens with zero attached hydrogens (tertiary/aromatic N) is 5. The van der Waals surface area contributed by atoms with Crippen LogP contribution in [0, 0.1) is 0 Å². The standard InChI is InChI=1S/C37H45Cl2N5O3S/c1-8-47-30-23-31(35(2,3)4)40-24-29(30)33-41-36(5,25-9-13-27(38)14-10-25)37(6,26-11-15-28(39)16-12-26)44(33)34(46)43-20-18-42(19-21-43)32(45)17-22-48-7/h9-16,23-24H,8,17-22H2,1-7H3/t36-,37+/m0/s1. The van der Waals surface area contributed by atoms with Gasteiger partial charge in [0.15, 0.2) is 0 Å². The van der Waals surface area contributed by atoms with E-state index in [-0.39, 0.29) is 17.4 Å². The number of aliphatic imine (C=N–C) groups is 1. The zero-order valence-corrected chi connectivity index (χ0v) is 31.2. The number of carbonyl (C=O) groups is 2. The van der Waals surface area contributed by atoms with Crippen molar-refractivity contribution >= 4 is 52.7 Å². The number of halogens is 2. The van der Waals surface area contributed by atoms with Crippen LogP contribution in [0.4, 0.5) is 4.79 Å². The van der Waals surface area contributed by atoms with E-state index in [1.165, 1.54) is 0 Å². The normalized spacial score (nSPS) is 21.4. The summed E-state index contributed by atoms with van der Waals surface area (Å²) in [6.45, 7) is 14.5. The number of ether oxygens (including phenoxy) is 1. The number of amidine groups is 1. The quantitative estimate of drug-likeness (QED) is 0.237. The van der Waals surface area contributed by atoms with Crippen molar-refractivity contribution in [1.82, 2.24) is 19.7 Å². The molecule has 2 aliphatic heterocycles. The lowest BCUT2D eigenvalue weighted by Crippen LogP contribution is -2.61. The van der Waals surface area contributed by atoms with Gasteiger partial charge in [0.2, 0.25) is 5.91 Å². The summed E-state index contributed by atoms with van der Waals surface area (Å²) >= 11 is 14.4. The molecule has 8 nitrogen and oxygen atoms in total. The van der Waals surface area contributed by atoms with Crippen LogP contribution >= 0.6 is 35.0 Å². The fraction of sp³-hybridized carbons (Fsp3) is 0.459. The van der Waals surface area contributed by atoms with Gasteiger partial charge in [-0.15, -0.1) is 0 Å². The predicted molar refractivity (Wildman–Crippen MR) is 197 cm³/mol. The number of pyridine rings is 1. The monoisotopic (exact) mass is 709 g/mol. The highest BCUT2D eigenvalue weighted by Gasteiger charge is 2.60. The molecule has 0 N–H and O–H groups in total. The molecule has 1 fully saturated rings. The van der Waals surface area contributed by atoms with Gasteiger partial charge in [0.1, 0.15) is 22.7 Å². The molecular formula is C37H45Cl2N5O3S. The lowest BCUT2D eigenvalue weighted by atomic mass is 9.71. The van der Waals surface area contributed by atoms with Crippen molar-refractivity contribution in [1.29, 1.82) is 0 Å². The van der Waals surface area contributed by atoms with Crippen LogP contribution in [-0.4, -0.2) is 82.3 Å². The second-order valence-corrected chi connectivity index (χ2v) is 15.4. The van der Waals surface area contributed by atoms with E-state index in [1.807, 2.05) is 82.5 Å². The van der Waals surface area contributed by atoms with Gasteiger partial charge in [-0.3, -0.25) is 19.7 Å². The zero-order valence-electron chi connectivity index (χ0n) is 28.8. The maximum Gasteiger partial charge on any atom is 0.326 e. The molecule has 3 amide bonds. The average molecular weight is 711 g/mol. The summed E-state index contributed by atoms with van der Waals surface area (Å²) < 4.78 is 6.26. The van der Waals surface area contributed by atoms with E-state index in [0.717, 1.165) is 22.6 Å². The minimum Gasteiger partial charge on any atom is -0.493 e. The second kappa shape index (κ2) is 14.3. The number of carbonyl (C=O) groups excluding carboxylic acids is 2. The molecule has 3 heterocycles. The summed E-state index contributed by atoms with van der Waals surface area (Å²) in [6, 6.07) is 17.0. The fourth-order valence-corrected chi connectivity index (χ4v) is 7.12. The van der Waals surface area contributed by atoms with Crippen LogP contribution in [0.15, 0.2) is 65.8 Å². The van der Waals surface area contributed by atoms with Gasteiger partial charge in [-0.1, -0.05) is 68.2 Å². The lowest BCUT2D eigenvalue weighted by molar-refractivity contribution is -0.132. The highest BCUT2D eigenvalue weighted by Crippen LogP contribution is 2.54. The second-order valence-electron chi connectivity index (χ2n) is 13.6. The SMILES string of the molecule is CCOc1cc(C(C)(C)C)ncc1C1=N[C@@](C)(c2ccc(Cl)cc2)[C@@](C)(c2ccc(Cl)cc2)N1C(=O)N1CCN(C(=O)CCSC)CC1. The number of aromatic nitrogens is 1. The third-order valence-corrected chi connectivity index (χ3v) is 10.7. The summed E-state index contributed by atoms with van der Waals surface area (Å²) in [5.74, 6) is 1.97. The molecule has 0 radical (unpaired) electrons. The molecule has 2 atom stereocenters. The molecule has 0 saturated carbocycles. The predicted octanol–water partition coefficient (Wildman–Crippen LogP) is 7.99. The molecule has 48 heavy (non-hydrogen) atoms. The van der Waals surface area contributed by atoms with Crippen LogP contribution in [0.3, 0.4) is 0 Å². The zero-order chi connectivity index (χ0) is 34.9. The maximum atomic E-state index is 15.1. The number of hydrogen-bond acceptors (Lipinski definition) is 6. The van der Waals surface area contributed by atoms with Crippen LogP contribution in [0.25, 0.3) is 0 Å². The average Bonchev–Trinajstić information content (AvgIpc) is 3.31. The molecule has 0 aliphatic carbocycles. The van der Waals surface area contributed by atoms with Gasteiger partial charge in [-0.2, -0.15) is 11.8 Å². The van der Waals surface area contributed by atoms with E-state index < -0.39 is 11.1 Å². The molecule has 1 saturated heterocycles. The molecular weight excluding hydrogens is 665 g/mol. The first-order valence-corrected chi connectivity index (χ1v) is 18.5. The molecule has 3 aromatic rings. The lowest BCUT2D eigenvalue weighted by Gasteiger charge is -2.47. The maximum absolute atomic E-state index is 15.1. The van der Waals surface area contributed by atoms with E-state index in [1.54, 1.807) is 18.0 Å². The van der Waals surface area contributed by atoms with Crippen molar-refractivity contribution in [2.24, 2.45) is 4.99 Å². The largest absolute Gasteiger partial charge is 0.493 e. The number of urea groups is 1. The van der Waals surface area contributed by atoms with E-state index in [0.29, 0.717) is 66.4 Å². The van der Waals surface area contributed by atoms with E-state index in [9.17, 15) is 4.79 Å². The topological polar surface area (TPSA) is 78.3 Å².